The molecule has 0 saturated carbocycles. The topological polar surface area (TPSA) is 113 Å². The van der Waals surface area contributed by atoms with Crippen LogP contribution in [0.3, 0.4) is 0 Å². The molecular weight excluding hydrogens is 402 g/mol. The van der Waals surface area contributed by atoms with Crippen molar-refractivity contribution >= 4 is 39.5 Å². The van der Waals surface area contributed by atoms with Gasteiger partial charge in [0, 0.05) is 10.0 Å². The Balaban J connectivity index is 3.27. The fourth-order valence-corrected chi connectivity index (χ4v) is 3.07. The van der Waals surface area contributed by atoms with Crippen LogP contribution < -0.4 is 11.1 Å². The van der Waals surface area contributed by atoms with E-state index in [0.29, 0.717) is 10.9 Å². The average molecular weight is 428 g/mol. The minimum Gasteiger partial charge on any atom is -0.465 e. The first-order chi connectivity index (χ1) is 11.8. The highest BCUT2D eigenvalue weighted by molar-refractivity contribution is 9.10. The molecule has 0 spiro atoms. The highest BCUT2D eigenvalue weighted by atomic mass is 79.9. The number of nitrogens with one attached hydrogen (secondary N) is 1. The molecule has 0 aliphatic rings. The van der Waals surface area contributed by atoms with E-state index in [1.54, 1.807) is 32.9 Å². The van der Waals surface area contributed by atoms with Crippen molar-refractivity contribution in [1.29, 1.82) is 0 Å². The molecular formula is C18H26BrN3O4. The molecule has 1 unspecified atom stereocenters. The summed E-state index contributed by atoms with van der Waals surface area (Å²) in [6.45, 7) is 9.03. The summed E-state index contributed by atoms with van der Waals surface area (Å²) in [7, 11) is 0. The summed E-state index contributed by atoms with van der Waals surface area (Å²) < 4.78 is 0.643. The van der Waals surface area contributed by atoms with Crippen LogP contribution >= 0.6 is 15.9 Å². The molecule has 0 bridgehead atoms. The summed E-state index contributed by atoms with van der Waals surface area (Å²) in [6.07, 6.45) is -0.832. The highest BCUT2D eigenvalue weighted by Crippen LogP contribution is 2.25. The molecule has 0 aliphatic carbocycles. The Kier molecular flexibility index (Phi) is 7.20. The van der Waals surface area contributed by atoms with E-state index in [0.717, 1.165) is 4.90 Å². The number of benzene rings is 1. The van der Waals surface area contributed by atoms with Crippen molar-refractivity contribution in [2.75, 3.05) is 5.32 Å². The van der Waals surface area contributed by atoms with Crippen LogP contribution in [0.2, 0.25) is 0 Å². The molecule has 26 heavy (non-hydrogen) atoms. The van der Waals surface area contributed by atoms with E-state index in [4.69, 9.17) is 5.73 Å². The molecule has 0 heterocycles. The van der Waals surface area contributed by atoms with Gasteiger partial charge in [0.25, 0.3) is 5.91 Å². The van der Waals surface area contributed by atoms with Crippen molar-refractivity contribution in [3.05, 3.63) is 28.2 Å². The molecule has 1 atom stereocenters. The van der Waals surface area contributed by atoms with Gasteiger partial charge in [-0.05, 0) is 51.3 Å². The average Bonchev–Trinajstić information content (AvgIpc) is 2.45. The van der Waals surface area contributed by atoms with Crippen LogP contribution in [0.5, 0.6) is 0 Å². The van der Waals surface area contributed by atoms with Gasteiger partial charge in [-0.2, -0.15) is 0 Å². The van der Waals surface area contributed by atoms with Crippen LogP contribution in [0.1, 0.15) is 51.4 Å². The van der Waals surface area contributed by atoms with Gasteiger partial charge in [0.2, 0.25) is 5.91 Å². The number of carbonyl (C=O) groups excluding carboxylic acids is 2. The van der Waals surface area contributed by atoms with Gasteiger partial charge in [-0.3, -0.25) is 14.5 Å². The molecule has 3 amide bonds. The quantitative estimate of drug-likeness (QED) is 0.642. The van der Waals surface area contributed by atoms with E-state index in [9.17, 15) is 19.5 Å². The summed E-state index contributed by atoms with van der Waals surface area (Å²) in [5, 5.41) is 12.3. The number of nitrogens with zero attached hydrogens (tertiary/aromatic N) is 1. The Morgan fingerprint density at radius 2 is 1.85 bits per heavy atom. The molecule has 0 fully saturated rings. The van der Waals surface area contributed by atoms with Crippen molar-refractivity contribution in [2.45, 2.75) is 52.6 Å². The van der Waals surface area contributed by atoms with Crippen molar-refractivity contribution in [3.63, 3.8) is 0 Å². The standard InChI is InChI=1S/C18H26BrN3O4/c1-10(2)8-14(22(17(25)26)18(3,4)5)16(24)21-13-7-6-11(19)9-12(13)15(20)23/h6-7,9-10,14H,8H2,1-5H3,(H2,20,23)(H,21,24)(H,25,26). The predicted octanol–water partition coefficient (Wildman–Crippen LogP) is 3.68. The Hall–Kier alpha value is -2.09. The molecule has 4 N–H and O–H groups in total. The maximum absolute atomic E-state index is 12.9. The Morgan fingerprint density at radius 1 is 1.27 bits per heavy atom. The zero-order valence-electron chi connectivity index (χ0n) is 15.7. The summed E-state index contributed by atoms with van der Waals surface area (Å²) in [5.41, 5.74) is 5.00. The van der Waals surface area contributed by atoms with Crippen LogP contribution in [0, 0.1) is 5.92 Å². The second-order valence-electron chi connectivity index (χ2n) is 7.51. The third kappa shape index (κ3) is 5.72. The maximum atomic E-state index is 12.9. The Labute approximate surface area is 162 Å². The number of carboxylic acid groups (broad SMARTS) is 1. The lowest BCUT2D eigenvalue weighted by molar-refractivity contribution is -0.123. The van der Waals surface area contributed by atoms with Crippen LogP contribution in [0.15, 0.2) is 22.7 Å². The van der Waals surface area contributed by atoms with Crippen LogP contribution in [0.25, 0.3) is 0 Å². The minimum absolute atomic E-state index is 0.0930. The maximum Gasteiger partial charge on any atom is 0.408 e. The normalized spacial score (nSPS) is 12.6. The van der Waals surface area contributed by atoms with Gasteiger partial charge < -0.3 is 16.2 Å². The van der Waals surface area contributed by atoms with Crippen LogP contribution in [-0.4, -0.2) is 39.5 Å². The number of amides is 3. The summed E-state index contributed by atoms with van der Waals surface area (Å²) in [6, 6.07) is 3.82. The molecule has 1 rings (SSSR count). The number of hydrogen-bond acceptors (Lipinski definition) is 3. The molecule has 1 aromatic carbocycles. The molecule has 144 valence electrons. The van der Waals surface area contributed by atoms with Crippen molar-refractivity contribution < 1.29 is 19.5 Å². The summed E-state index contributed by atoms with van der Waals surface area (Å²) in [4.78, 5) is 37.5. The van der Waals surface area contributed by atoms with E-state index in [1.807, 2.05) is 13.8 Å². The minimum atomic E-state index is -1.18. The van der Waals surface area contributed by atoms with E-state index >= 15 is 0 Å². The number of primary amides is 1. The van der Waals surface area contributed by atoms with Crippen molar-refractivity contribution in [2.24, 2.45) is 11.7 Å². The van der Waals surface area contributed by atoms with E-state index in [2.05, 4.69) is 21.2 Å². The zero-order valence-corrected chi connectivity index (χ0v) is 17.3. The number of halogens is 1. The van der Waals surface area contributed by atoms with Gasteiger partial charge >= 0.3 is 6.09 Å². The van der Waals surface area contributed by atoms with E-state index in [-0.39, 0.29) is 17.2 Å². The van der Waals surface area contributed by atoms with Gasteiger partial charge in [0.1, 0.15) is 6.04 Å². The van der Waals surface area contributed by atoms with Crippen molar-refractivity contribution in [3.8, 4) is 0 Å². The lowest BCUT2D eigenvalue weighted by atomic mass is 9.96. The number of hydrogen-bond donors (Lipinski definition) is 3. The number of rotatable bonds is 6. The third-order valence-electron chi connectivity index (χ3n) is 3.74. The van der Waals surface area contributed by atoms with Crippen LogP contribution in [0.4, 0.5) is 10.5 Å². The Morgan fingerprint density at radius 3 is 2.27 bits per heavy atom. The van der Waals surface area contributed by atoms with Gasteiger partial charge in [-0.1, -0.05) is 29.8 Å². The van der Waals surface area contributed by atoms with Gasteiger partial charge in [-0.25, -0.2) is 4.79 Å². The predicted molar refractivity (Wildman–Crippen MR) is 104 cm³/mol. The van der Waals surface area contributed by atoms with E-state index in [1.165, 1.54) is 6.07 Å². The zero-order chi connectivity index (χ0) is 20.2. The number of anilines is 1. The first-order valence-corrected chi connectivity index (χ1v) is 9.06. The molecule has 1 aromatic rings. The number of carbonyl (C=O) groups is 3. The third-order valence-corrected chi connectivity index (χ3v) is 4.24. The van der Waals surface area contributed by atoms with Crippen LogP contribution in [-0.2, 0) is 4.79 Å². The largest absolute Gasteiger partial charge is 0.465 e. The first-order valence-electron chi connectivity index (χ1n) is 8.27. The molecule has 7 nitrogen and oxygen atoms in total. The summed E-state index contributed by atoms with van der Waals surface area (Å²) >= 11 is 3.25. The van der Waals surface area contributed by atoms with Gasteiger partial charge in [0.05, 0.1) is 11.3 Å². The fourth-order valence-electron chi connectivity index (χ4n) is 2.71. The summed E-state index contributed by atoms with van der Waals surface area (Å²) in [5.74, 6) is -1.09. The van der Waals surface area contributed by atoms with E-state index < -0.39 is 29.5 Å². The smallest absolute Gasteiger partial charge is 0.408 e. The second kappa shape index (κ2) is 8.53. The van der Waals surface area contributed by atoms with Crippen molar-refractivity contribution in [1.82, 2.24) is 4.90 Å². The molecule has 8 heteroatoms. The monoisotopic (exact) mass is 427 g/mol. The SMILES string of the molecule is CC(C)CC(C(=O)Nc1ccc(Br)cc1C(N)=O)N(C(=O)O)C(C)(C)C. The highest BCUT2D eigenvalue weighted by Gasteiger charge is 2.38. The lowest BCUT2D eigenvalue weighted by Crippen LogP contribution is -2.56. The first kappa shape index (κ1) is 22.0. The fraction of sp³-hybridized carbons (Fsp3) is 0.500. The molecule has 0 aromatic heterocycles. The molecule has 0 radical (unpaired) electrons. The lowest BCUT2D eigenvalue weighted by Gasteiger charge is -2.39. The van der Waals surface area contributed by atoms with Gasteiger partial charge in [-0.15, -0.1) is 0 Å². The molecule has 0 aliphatic heterocycles. The van der Waals surface area contributed by atoms with Gasteiger partial charge in [0.15, 0.2) is 0 Å². The molecule has 0 saturated heterocycles. The second-order valence-corrected chi connectivity index (χ2v) is 8.43. The number of nitrogens with two attached hydrogens (primary N) is 1. The Bertz CT molecular complexity index is 698.